The molecule has 1 rings (SSSR count). The summed E-state index contributed by atoms with van der Waals surface area (Å²) in [4.78, 5) is 0. The molecule has 0 bridgehead atoms. The molecule has 0 radical (unpaired) electrons. The summed E-state index contributed by atoms with van der Waals surface area (Å²) in [7, 11) is -1.23. The van der Waals surface area contributed by atoms with Crippen molar-refractivity contribution in [2.75, 3.05) is 6.61 Å². The monoisotopic (exact) mass is 208 g/mol. The second kappa shape index (κ2) is 5.32. The number of aliphatic hydroxyl groups is 1. The Kier molecular flexibility index (Phi) is 4.36. The lowest BCUT2D eigenvalue weighted by molar-refractivity contribution is 0.287. The van der Waals surface area contributed by atoms with E-state index in [4.69, 9.17) is 5.11 Å². The minimum atomic E-state index is -1.23. The second-order valence-corrected chi connectivity index (χ2v) is 9.28. The molecule has 0 saturated heterocycles. The van der Waals surface area contributed by atoms with Crippen LogP contribution >= 0.6 is 0 Å². The maximum atomic E-state index is 8.75. The molecule has 0 aliphatic rings. The molecule has 0 amide bonds. The average molecular weight is 208 g/mol. The van der Waals surface area contributed by atoms with E-state index in [1.165, 1.54) is 11.2 Å². The molecule has 1 aromatic rings. The summed E-state index contributed by atoms with van der Waals surface area (Å²) in [6.07, 6.45) is 2.11. The molecule has 0 aliphatic carbocycles. The van der Waals surface area contributed by atoms with Gasteiger partial charge in [0.15, 0.2) is 0 Å². The SMILES string of the molecule is C[Si](C)(CCCCO)c1ccccc1. The van der Waals surface area contributed by atoms with Crippen molar-refractivity contribution in [3.63, 3.8) is 0 Å². The molecule has 78 valence electrons. The van der Waals surface area contributed by atoms with Crippen LogP contribution in [0.4, 0.5) is 0 Å². The molecule has 0 atom stereocenters. The summed E-state index contributed by atoms with van der Waals surface area (Å²) in [6.45, 7) is 5.14. The fourth-order valence-electron chi connectivity index (χ4n) is 1.71. The zero-order valence-corrected chi connectivity index (χ0v) is 10.2. The Labute approximate surface area is 87.8 Å². The molecular weight excluding hydrogens is 188 g/mol. The van der Waals surface area contributed by atoms with Crippen LogP contribution in [0.15, 0.2) is 30.3 Å². The lowest BCUT2D eigenvalue weighted by Gasteiger charge is -2.22. The Morgan fingerprint density at radius 2 is 1.71 bits per heavy atom. The van der Waals surface area contributed by atoms with E-state index in [1.54, 1.807) is 0 Å². The van der Waals surface area contributed by atoms with Crippen LogP contribution in [-0.4, -0.2) is 19.8 Å². The zero-order chi connectivity index (χ0) is 10.4. The summed E-state index contributed by atoms with van der Waals surface area (Å²) < 4.78 is 0. The van der Waals surface area contributed by atoms with Crippen molar-refractivity contribution < 1.29 is 5.11 Å². The van der Waals surface area contributed by atoms with Gasteiger partial charge in [0.25, 0.3) is 0 Å². The first-order chi connectivity index (χ1) is 6.67. The van der Waals surface area contributed by atoms with Crippen LogP contribution in [0.2, 0.25) is 19.1 Å². The smallest absolute Gasteiger partial charge is 0.0806 e. The van der Waals surface area contributed by atoms with Gasteiger partial charge in [-0.05, 0) is 6.42 Å². The van der Waals surface area contributed by atoms with E-state index < -0.39 is 8.07 Å². The Morgan fingerprint density at radius 1 is 1.07 bits per heavy atom. The van der Waals surface area contributed by atoms with Gasteiger partial charge in [-0.25, -0.2) is 0 Å². The largest absolute Gasteiger partial charge is 0.396 e. The highest BCUT2D eigenvalue weighted by Gasteiger charge is 2.21. The van der Waals surface area contributed by atoms with Crippen LogP contribution in [0.1, 0.15) is 12.8 Å². The highest BCUT2D eigenvalue weighted by Crippen LogP contribution is 2.13. The van der Waals surface area contributed by atoms with Crippen molar-refractivity contribution in [1.82, 2.24) is 0 Å². The molecule has 0 saturated carbocycles. The number of aliphatic hydroxyl groups excluding tert-OH is 1. The van der Waals surface area contributed by atoms with Gasteiger partial charge >= 0.3 is 0 Å². The number of rotatable bonds is 5. The topological polar surface area (TPSA) is 20.2 Å². The Bertz CT molecular complexity index is 256. The number of benzene rings is 1. The highest BCUT2D eigenvalue weighted by molar-refractivity contribution is 6.89. The number of unbranched alkanes of at least 4 members (excludes halogenated alkanes) is 1. The predicted molar refractivity (Wildman–Crippen MR) is 64.7 cm³/mol. The lowest BCUT2D eigenvalue weighted by Crippen LogP contribution is -2.40. The summed E-state index contributed by atoms with van der Waals surface area (Å²) in [5.41, 5.74) is 0. The van der Waals surface area contributed by atoms with Gasteiger partial charge in [0.05, 0.1) is 8.07 Å². The summed E-state index contributed by atoms with van der Waals surface area (Å²) in [6, 6.07) is 12.1. The van der Waals surface area contributed by atoms with Gasteiger partial charge < -0.3 is 5.11 Å². The van der Waals surface area contributed by atoms with Crippen LogP contribution in [0.3, 0.4) is 0 Å². The third-order valence-electron chi connectivity index (χ3n) is 2.77. The van der Waals surface area contributed by atoms with Gasteiger partial charge in [-0.2, -0.15) is 0 Å². The molecule has 0 fully saturated rings. The van der Waals surface area contributed by atoms with Gasteiger partial charge in [0.1, 0.15) is 0 Å². The molecule has 0 aliphatic heterocycles. The van der Waals surface area contributed by atoms with Crippen molar-refractivity contribution in [1.29, 1.82) is 0 Å². The molecular formula is C12H20OSi. The van der Waals surface area contributed by atoms with E-state index in [0.29, 0.717) is 6.61 Å². The summed E-state index contributed by atoms with van der Waals surface area (Å²) in [5.74, 6) is 0. The van der Waals surface area contributed by atoms with Gasteiger partial charge in [-0.15, -0.1) is 0 Å². The van der Waals surface area contributed by atoms with Crippen LogP contribution < -0.4 is 5.19 Å². The maximum absolute atomic E-state index is 8.75. The van der Waals surface area contributed by atoms with Gasteiger partial charge in [0.2, 0.25) is 0 Å². The third-order valence-corrected chi connectivity index (χ3v) is 6.26. The van der Waals surface area contributed by atoms with Gasteiger partial charge in [-0.3, -0.25) is 0 Å². The Balaban J connectivity index is 2.56. The highest BCUT2D eigenvalue weighted by atomic mass is 28.3. The standard InChI is InChI=1S/C12H20OSi/c1-14(2,11-7-6-10-13)12-8-4-3-5-9-12/h3-5,8-9,13H,6-7,10-11H2,1-2H3. The molecule has 0 aromatic heterocycles. The van der Waals surface area contributed by atoms with Crippen LogP contribution in [-0.2, 0) is 0 Å². The zero-order valence-electron chi connectivity index (χ0n) is 9.16. The molecule has 14 heavy (non-hydrogen) atoms. The van der Waals surface area contributed by atoms with E-state index in [1.807, 2.05) is 0 Å². The molecule has 2 heteroatoms. The van der Waals surface area contributed by atoms with Crippen molar-refractivity contribution in [2.24, 2.45) is 0 Å². The first-order valence-corrected chi connectivity index (χ1v) is 8.54. The van der Waals surface area contributed by atoms with Gasteiger partial charge in [-0.1, -0.05) is 61.1 Å². The van der Waals surface area contributed by atoms with E-state index >= 15 is 0 Å². The van der Waals surface area contributed by atoms with Crippen molar-refractivity contribution in [3.05, 3.63) is 30.3 Å². The first kappa shape index (κ1) is 11.5. The second-order valence-electron chi connectivity index (χ2n) is 4.43. The first-order valence-electron chi connectivity index (χ1n) is 5.33. The fraction of sp³-hybridized carbons (Fsp3) is 0.500. The minimum Gasteiger partial charge on any atom is -0.396 e. The van der Waals surface area contributed by atoms with Crippen molar-refractivity contribution in [2.45, 2.75) is 32.0 Å². The quantitative estimate of drug-likeness (QED) is 0.582. The van der Waals surface area contributed by atoms with E-state index in [0.717, 1.165) is 12.8 Å². The molecule has 0 spiro atoms. The minimum absolute atomic E-state index is 0.333. The van der Waals surface area contributed by atoms with E-state index in [-0.39, 0.29) is 0 Å². The summed E-state index contributed by atoms with van der Waals surface area (Å²) in [5, 5.41) is 10.3. The number of hydrogen-bond acceptors (Lipinski definition) is 1. The van der Waals surface area contributed by atoms with E-state index in [2.05, 4.69) is 43.4 Å². The van der Waals surface area contributed by atoms with Crippen LogP contribution in [0.5, 0.6) is 0 Å². The summed E-state index contributed by atoms with van der Waals surface area (Å²) >= 11 is 0. The molecule has 1 aromatic carbocycles. The van der Waals surface area contributed by atoms with Crippen LogP contribution in [0.25, 0.3) is 0 Å². The van der Waals surface area contributed by atoms with Crippen LogP contribution in [0, 0.1) is 0 Å². The van der Waals surface area contributed by atoms with Crippen molar-refractivity contribution >= 4 is 13.3 Å². The molecule has 0 heterocycles. The van der Waals surface area contributed by atoms with Crippen molar-refractivity contribution in [3.8, 4) is 0 Å². The van der Waals surface area contributed by atoms with Gasteiger partial charge in [0, 0.05) is 6.61 Å². The third kappa shape index (κ3) is 3.27. The fourth-order valence-corrected chi connectivity index (χ4v) is 4.23. The predicted octanol–water partition coefficient (Wildman–Crippen LogP) is 2.37. The maximum Gasteiger partial charge on any atom is 0.0806 e. The molecule has 0 unspecified atom stereocenters. The molecule has 1 nitrogen and oxygen atoms in total. The lowest BCUT2D eigenvalue weighted by atomic mass is 10.4. The average Bonchev–Trinajstić information content (AvgIpc) is 2.19. The number of hydrogen-bond donors (Lipinski definition) is 1. The molecule has 1 N–H and O–H groups in total. The normalized spacial score (nSPS) is 11.6. The Hall–Kier alpha value is -0.603. The Morgan fingerprint density at radius 3 is 2.29 bits per heavy atom. The van der Waals surface area contributed by atoms with E-state index in [9.17, 15) is 0 Å².